The minimum Gasteiger partial charge on any atom is -0.493 e. The molecule has 1 N–H and O–H groups in total. The first-order valence-corrected chi connectivity index (χ1v) is 12.0. The Balaban J connectivity index is 2.64. The van der Waals surface area contributed by atoms with E-state index < -0.39 is 14.2 Å². The quantitative estimate of drug-likeness (QED) is 0.807. The summed E-state index contributed by atoms with van der Waals surface area (Å²) in [5.41, 5.74) is 2.20. The molecule has 0 radical (unpaired) electrons. The second-order valence-electron chi connectivity index (χ2n) is 7.32. The molecule has 0 saturated carbocycles. The molecule has 0 saturated heterocycles. The summed E-state index contributed by atoms with van der Waals surface area (Å²) in [7, 11) is -0.249. The Morgan fingerprint density at radius 2 is 1.68 bits per heavy atom. The van der Waals surface area contributed by atoms with Crippen molar-refractivity contribution in [1.29, 1.82) is 0 Å². The van der Waals surface area contributed by atoms with Gasteiger partial charge in [0.25, 0.3) is 0 Å². The normalized spacial score (nSPS) is 11.3. The largest absolute Gasteiger partial charge is 0.493 e. The molecule has 0 unspecified atom stereocenters. The maximum absolute atomic E-state index is 12.2. The van der Waals surface area contributed by atoms with Crippen molar-refractivity contribution in [1.82, 2.24) is 5.32 Å². The third-order valence-electron chi connectivity index (χ3n) is 3.78. The van der Waals surface area contributed by atoms with Crippen molar-refractivity contribution in [3.8, 4) is 22.6 Å². The van der Waals surface area contributed by atoms with E-state index in [0.717, 1.165) is 16.3 Å². The monoisotopic (exact) mass is 357 g/mol. The summed E-state index contributed by atoms with van der Waals surface area (Å²) < 4.78 is 11.2. The molecule has 5 heteroatoms. The zero-order chi connectivity index (χ0) is 18.6. The highest BCUT2D eigenvalue weighted by atomic mass is 28.3. The Kier molecular flexibility index (Phi) is 5.90. The van der Waals surface area contributed by atoms with Gasteiger partial charge in [0.2, 0.25) is 0 Å². The number of methoxy groups -OCH3 is 1. The van der Waals surface area contributed by atoms with Crippen molar-refractivity contribution in [2.24, 2.45) is 0 Å². The Hall–Kier alpha value is -2.27. The van der Waals surface area contributed by atoms with E-state index in [1.165, 1.54) is 0 Å². The molecule has 25 heavy (non-hydrogen) atoms. The summed E-state index contributed by atoms with van der Waals surface area (Å²) >= 11 is 0. The minimum absolute atomic E-state index is 0.00568. The summed E-state index contributed by atoms with van der Waals surface area (Å²) in [6.07, 6.45) is -0.460. The van der Waals surface area contributed by atoms with Crippen LogP contribution in [0, 0.1) is 0 Å². The highest BCUT2D eigenvalue weighted by Gasteiger charge is 2.29. The molecule has 4 nitrogen and oxygen atoms in total. The molecule has 0 aliphatic carbocycles. The van der Waals surface area contributed by atoms with Crippen LogP contribution in [0.2, 0.25) is 19.6 Å². The Morgan fingerprint density at radius 3 is 2.20 bits per heavy atom. The van der Waals surface area contributed by atoms with Crippen LogP contribution in [0.15, 0.2) is 42.5 Å². The Labute approximate surface area is 151 Å². The highest BCUT2D eigenvalue weighted by Crippen LogP contribution is 2.33. The number of hydrogen-bond acceptors (Lipinski definition) is 3. The molecule has 1 amide bonds. The van der Waals surface area contributed by atoms with Crippen LogP contribution < -0.4 is 20.0 Å². The number of carbonyl (C=O) groups is 1. The number of carbonyl (C=O) groups excluding carboxylic acids is 1. The van der Waals surface area contributed by atoms with Crippen LogP contribution in [0.1, 0.15) is 13.8 Å². The first-order chi connectivity index (χ1) is 11.7. The van der Waals surface area contributed by atoms with Crippen molar-refractivity contribution in [2.75, 3.05) is 7.11 Å². The first-order valence-electron chi connectivity index (χ1n) is 8.49. The number of amides is 1. The van der Waals surface area contributed by atoms with Crippen molar-refractivity contribution >= 4 is 19.4 Å². The average molecular weight is 358 g/mol. The van der Waals surface area contributed by atoms with Gasteiger partial charge in [-0.3, -0.25) is 0 Å². The molecule has 134 valence electrons. The topological polar surface area (TPSA) is 47.6 Å². The highest BCUT2D eigenvalue weighted by molar-refractivity contribution is 6.90. The lowest BCUT2D eigenvalue weighted by molar-refractivity contribution is 0.196. The number of nitrogens with one attached hydrogen (secondary N) is 1. The predicted octanol–water partition coefficient (Wildman–Crippen LogP) is 4.40. The fourth-order valence-electron chi connectivity index (χ4n) is 2.79. The molecule has 0 heterocycles. The van der Waals surface area contributed by atoms with Gasteiger partial charge in [-0.2, -0.15) is 0 Å². The zero-order valence-electron chi connectivity index (χ0n) is 15.8. The minimum atomic E-state index is -1.84. The van der Waals surface area contributed by atoms with Crippen LogP contribution in [0.4, 0.5) is 4.79 Å². The van der Waals surface area contributed by atoms with Gasteiger partial charge in [-0.05, 0) is 36.2 Å². The number of rotatable bonds is 5. The van der Waals surface area contributed by atoms with Crippen molar-refractivity contribution in [3.05, 3.63) is 42.5 Å². The lowest BCUT2D eigenvalue weighted by Gasteiger charge is -2.26. The van der Waals surface area contributed by atoms with Gasteiger partial charge in [-0.25, -0.2) is 4.79 Å². The maximum atomic E-state index is 12.2. The fraction of sp³-hybridized carbons (Fsp3) is 0.350. The third kappa shape index (κ3) is 4.63. The lowest BCUT2D eigenvalue weighted by atomic mass is 10.0. The van der Waals surface area contributed by atoms with Crippen molar-refractivity contribution in [2.45, 2.75) is 39.5 Å². The summed E-state index contributed by atoms with van der Waals surface area (Å²) in [4.78, 5) is 12.2. The van der Waals surface area contributed by atoms with E-state index in [9.17, 15) is 4.79 Å². The number of hydrogen-bond donors (Lipinski definition) is 1. The van der Waals surface area contributed by atoms with E-state index in [2.05, 4.69) is 43.2 Å². The van der Waals surface area contributed by atoms with Crippen LogP contribution in [0.5, 0.6) is 11.5 Å². The van der Waals surface area contributed by atoms with Gasteiger partial charge in [0, 0.05) is 6.04 Å². The van der Waals surface area contributed by atoms with Crippen molar-refractivity contribution < 1.29 is 14.3 Å². The Morgan fingerprint density at radius 1 is 1.04 bits per heavy atom. The summed E-state index contributed by atoms with van der Waals surface area (Å²) in [6, 6.07) is 14.1. The summed E-state index contributed by atoms with van der Waals surface area (Å²) in [5, 5.41) is 3.86. The number of benzene rings is 2. The van der Waals surface area contributed by atoms with E-state index in [1.54, 1.807) is 7.11 Å². The van der Waals surface area contributed by atoms with E-state index in [1.807, 2.05) is 38.1 Å². The SMILES string of the molecule is COc1ccc(-c2ccccc2)c([Si](C)(C)C)c1OC(=O)NC(C)C. The van der Waals surface area contributed by atoms with E-state index in [4.69, 9.17) is 9.47 Å². The van der Waals surface area contributed by atoms with Gasteiger partial charge in [-0.15, -0.1) is 0 Å². The lowest BCUT2D eigenvalue weighted by Crippen LogP contribution is -2.42. The van der Waals surface area contributed by atoms with Gasteiger partial charge >= 0.3 is 6.09 Å². The Bertz CT molecular complexity index is 737. The third-order valence-corrected chi connectivity index (χ3v) is 5.77. The molecular weight excluding hydrogens is 330 g/mol. The first kappa shape index (κ1) is 19.1. The second kappa shape index (κ2) is 7.74. The average Bonchev–Trinajstić information content (AvgIpc) is 2.53. The molecule has 0 bridgehead atoms. The van der Waals surface area contributed by atoms with Crippen LogP contribution in [0.3, 0.4) is 0 Å². The summed E-state index contributed by atoms with van der Waals surface area (Å²) in [6.45, 7) is 10.5. The molecule has 2 aromatic rings. The summed E-state index contributed by atoms with van der Waals surface area (Å²) in [5.74, 6) is 1.11. The molecule has 2 aromatic carbocycles. The predicted molar refractivity (Wildman–Crippen MR) is 106 cm³/mol. The van der Waals surface area contributed by atoms with Gasteiger partial charge in [-0.1, -0.05) is 56.0 Å². The molecule has 0 atom stereocenters. The van der Waals surface area contributed by atoms with E-state index >= 15 is 0 Å². The molecule has 0 fully saturated rings. The van der Waals surface area contributed by atoms with Gasteiger partial charge in [0.15, 0.2) is 11.5 Å². The van der Waals surface area contributed by atoms with Crippen LogP contribution in [-0.4, -0.2) is 27.3 Å². The van der Waals surface area contributed by atoms with Crippen LogP contribution in [0.25, 0.3) is 11.1 Å². The van der Waals surface area contributed by atoms with Crippen molar-refractivity contribution in [3.63, 3.8) is 0 Å². The molecule has 2 rings (SSSR count). The van der Waals surface area contributed by atoms with Gasteiger partial charge in [0.05, 0.1) is 15.2 Å². The van der Waals surface area contributed by atoms with Gasteiger partial charge in [0.1, 0.15) is 0 Å². The second-order valence-corrected chi connectivity index (χ2v) is 12.3. The van der Waals surface area contributed by atoms with Gasteiger partial charge < -0.3 is 14.8 Å². The molecule has 0 spiro atoms. The molecular formula is C20H27NO3Si. The fourth-order valence-corrected chi connectivity index (χ4v) is 4.68. The smallest absolute Gasteiger partial charge is 0.412 e. The molecule has 0 aliphatic rings. The van der Waals surface area contributed by atoms with Crippen LogP contribution >= 0.6 is 0 Å². The molecule has 0 aliphatic heterocycles. The van der Waals surface area contributed by atoms with E-state index in [-0.39, 0.29) is 6.04 Å². The standard InChI is InChI=1S/C20H27NO3Si/c1-14(2)21-20(22)24-18-17(23-3)13-12-16(19(18)25(4,5)6)15-10-8-7-9-11-15/h7-14H,1-6H3,(H,21,22). The number of ether oxygens (including phenoxy) is 2. The van der Waals surface area contributed by atoms with E-state index in [0.29, 0.717) is 11.5 Å². The molecule has 0 aromatic heterocycles. The zero-order valence-corrected chi connectivity index (χ0v) is 16.8. The maximum Gasteiger partial charge on any atom is 0.412 e. The van der Waals surface area contributed by atoms with Crippen LogP contribution in [-0.2, 0) is 0 Å².